The molecule has 0 saturated heterocycles. The third-order valence-corrected chi connectivity index (χ3v) is 2.10. The molecule has 74 valence electrons. The Bertz CT molecular complexity index is 206. The summed E-state index contributed by atoms with van der Waals surface area (Å²) in [4.78, 5) is 0. The van der Waals surface area contributed by atoms with Gasteiger partial charge in [0.15, 0.2) is 0 Å². The lowest BCUT2D eigenvalue weighted by Crippen LogP contribution is -1.85. The molecule has 0 heterocycles. The maximum atomic E-state index is 4.07. The van der Waals surface area contributed by atoms with Gasteiger partial charge in [-0.25, -0.2) is 0 Å². The number of hydrogen-bond donors (Lipinski definition) is 0. The Kier molecular flexibility index (Phi) is 6.30. The molecule has 0 heteroatoms. The second-order valence-electron chi connectivity index (χ2n) is 3.73. The summed E-state index contributed by atoms with van der Waals surface area (Å²) in [5.41, 5.74) is 3.65. The van der Waals surface area contributed by atoms with Gasteiger partial charge in [0.1, 0.15) is 0 Å². The highest BCUT2D eigenvalue weighted by Crippen LogP contribution is 2.16. The molecule has 13 heavy (non-hydrogen) atoms. The molecule has 0 spiro atoms. The van der Waals surface area contributed by atoms with Crippen LogP contribution in [0, 0.1) is 0 Å². The van der Waals surface area contributed by atoms with Crippen LogP contribution in [0.2, 0.25) is 0 Å². The van der Waals surface area contributed by atoms with Crippen LogP contribution in [0.25, 0.3) is 0 Å². The van der Waals surface area contributed by atoms with Gasteiger partial charge >= 0.3 is 0 Å². The maximum absolute atomic E-state index is 4.07. The smallest absolute Gasteiger partial charge is 0.0282 e. The minimum absolute atomic E-state index is 1.11. The van der Waals surface area contributed by atoms with Crippen molar-refractivity contribution in [3.8, 4) is 0 Å². The molecule has 0 N–H and O–H groups in total. The van der Waals surface area contributed by atoms with Crippen molar-refractivity contribution in [2.45, 2.75) is 46.5 Å². The first-order valence-electron chi connectivity index (χ1n) is 5.10. The second kappa shape index (κ2) is 6.71. The molecule has 0 rings (SSSR count). The van der Waals surface area contributed by atoms with E-state index in [0.29, 0.717) is 0 Å². The summed E-state index contributed by atoms with van der Waals surface area (Å²) in [6.07, 6.45) is 7.07. The molecular formula is C13H22. The van der Waals surface area contributed by atoms with Gasteiger partial charge < -0.3 is 0 Å². The van der Waals surface area contributed by atoms with Gasteiger partial charge in [0.05, 0.1) is 0 Å². The normalized spacial score (nSPS) is 11.5. The summed E-state index contributed by atoms with van der Waals surface area (Å²) < 4.78 is 0. The van der Waals surface area contributed by atoms with E-state index < -0.39 is 0 Å². The average Bonchev–Trinajstić information content (AvgIpc) is 2.03. The van der Waals surface area contributed by atoms with E-state index in [1.165, 1.54) is 30.4 Å². The largest absolute Gasteiger partial charge is 0.0961 e. The Morgan fingerprint density at radius 1 is 1.15 bits per heavy atom. The zero-order valence-corrected chi connectivity index (χ0v) is 9.32. The third kappa shape index (κ3) is 6.39. The molecule has 0 amide bonds. The Morgan fingerprint density at radius 2 is 1.77 bits per heavy atom. The van der Waals surface area contributed by atoms with E-state index in [2.05, 4.69) is 33.1 Å². The van der Waals surface area contributed by atoms with Crippen LogP contribution in [0.1, 0.15) is 46.5 Å². The Hall–Kier alpha value is -0.780. The lowest BCUT2D eigenvalue weighted by molar-refractivity contribution is 0.716. The van der Waals surface area contributed by atoms with Gasteiger partial charge in [-0.2, -0.15) is 0 Å². The van der Waals surface area contributed by atoms with Crippen molar-refractivity contribution in [2.75, 3.05) is 0 Å². The number of rotatable bonds is 6. The van der Waals surface area contributed by atoms with Gasteiger partial charge in [-0.1, -0.05) is 50.1 Å². The fourth-order valence-corrected chi connectivity index (χ4v) is 1.26. The number of hydrogen-bond acceptors (Lipinski definition) is 0. The molecule has 0 fully saturated rings. The van der Waals surface area contributed by atoms with Crippen molar-refractivity contribution in [3.05, 3.63) is 36.0 Å². The molecule has 0 nitrogen and oxygen atoms in total. The second-order valence-corrected chi connectivity index (χ2v) is 3.73. The fraction of sp³-hybridized carbons (Fsp3) is 0.538. The van der Waals surface area contributed by atoms with Crippen molar-refractivity contribution in [2.24, 2.45) is 0 Å². The van der Waals surface area contributed by atoms with E-state index in [9.17, 15) is 0 Å². The van der Waals surface area contributed by atoms with Crippen molar-refractivity contribution in [1.82, 2.24) is 0 Å². The van der Waals surface area contributed by atoms with Crippen LogP contribution >= 0.6 is 0 Å². The molecule has 0 saturated carbocycles. The minimum atomic E-state index is 1.11. The first kappa shape index (κ1) is 12.2. The SMILES string of the molecule is C=C(C)/C=C(\C)C(=C)CCCCC. The van der Waals surface area contributed by atoms with Crippen LogP contribution in [-0.4, -0.2) is 0 Å². The fourth-order valence-electron chi connectivity index (χ4n) is 1.26. The first-order chi connectivity index (χ1) is 6.07. The zero-order chi connectivity index (χ0) is 10.3. The van der Waals surface area contributed by atoms with Gasteiger partial charge in [0.25, 0.3) is 0 Å². The molecular weight excluding hydrogens is 156 g/mol. The summed E-state index contributed by atoms with van der Waals surface area (Å²) in [6.45, 7) is 14.3. The van der Waals surface area contributed by atoms with Crippen LogP contribution in [0.3, 0.4) is 0 Å². The molecule has 0 aromatic carbocycles. The van der Waals surface area contributed by atoms with Crippen LogP contribution in [0.15, 0.2) is 36.0 Å². The minimum Gasteiger partial charge on any atom is -0.0961 e. The molecule has 0 aliphatic heterocycles. The van der Waals surface area contributed by atoms with Crippen LogP contribution in [0.4, 0.5) is 0 Å². The lowest BCUT2D eigenvalue weighted by atomic mass is 10.0. The summed E-state index contributed by atoms with van der Waals surface area (Å²) >= 11 is 0. The van der Waals surface area contributed by atoms with Crippen molar-refractivity contribution < 1.29 is 0 Å². The van der Waals surface area contributed by atoms with Crippen molar-refractivity contribution >= 4 is 0 Å². The predicted octanol–water partition coefficient (Wildman–Crippen LogP) is 4.65. The summed E-state index contributed by atoms with van der Waals surface area (Å²) in [6, 6.07) is 0. The van der Waals surface area contributed by atoms with Crippen LogP contribution in [-0.2, 0) is 0 Å². The first-order valence-corrected chi connectivity index (χ1v) is 5.10. The van der Waals surface area contributed by atoms with Gasteiger partial charge in [-0.05, 0) is 32.3 Å². The number of allylic oxidation sites excluding steroid dienone is 4. The summed E-state index contributed by atoms with van der Waals surface area (Å²) in [7, 11) is 0. The zero-order valence-electron chi connectivity index (χ0n) is 9.32. The van der Waals surface area contributed by atoms with Gasteiger partial charge in [0, 0.05) is 0 Å². The highest BCUT2D eigenvalue weighted by molar-refractivity contribution is 5.32. The van der Waals surface area contributed by atoms with E-state index in [1.807, 2.05) is 6.92 Å². The quantitative estimate of drug-likeness (QED) is 0.410. The highest BCUT2D eigenvalue weighted by atomic mass is 14.0. The molecule has 0 atom stereocenters. The predicted molar refractivity (Wildman–Crippen MR) is 61.9 cm³/mol. The molecule has 0 aliphatic carbocycles. The summed E-state index contributed by atoms with van der Waals surface area (Å²) in [5, 5.41) is 0. The van der Waals surface area contributed by atoms with E-state index in [1.54, 1.807) is 0 Å². The molecule has 0 aliphatic rings. The molecule has 0 aromatic rings. The van der Waals surface area contributed by atoms with E-state index in [4.69, 9.17) is 0 Å². The van der Waals surface area contributed by atoms with Crippen molar-refractivity contribution in [1.29, 1.82) is 0 Å². The topological polar surface area (TPSA) is 0 Å². The van der Waals surface area contributed by atoms with E-state index in [0.717, 1.165) is 12.0 Å². The van der Waals surface area contributed by atoms with Gasteiger partial charge in [-0.3, -0.25) is 0 Å². The highest BCUT2D eigenvalue weighted by Gasteiger charge is 1.96. The summed E-state index contributed by atoms with van der Waals surface area (Å²) in [5.74, 6) is 0. The molecule has 0 unspecified atom stereocenters. The monoisotopic (exact) mass is 178 g/mol. The standard InChI is InChI=1S/C13H22/c1-6-7-8-9-12(4)13(5)10-11(2)3/h10H,2,4,6-9H2,1,3,5H3/b13-10+. The third-order valence-electron chi connectivity index (χ3n) is 2.10. The van der Waals surface area contributed by atoms with Crippen molar-refractivity contribution in [3.63, 3.8) is 0 Å². The van der Waals surface area contributed by atoms with Gasteiger partial charge in [0.2, 0.25) is 0 Å². The van der Waals surface area contributed by atoms with Gasteiger partial charge in [-0.15, -0.1) is 0 Å². The lowest BCUT2D eigenvalue weighted by Gasteiger charge is -2.05. The van der Waals surface area contributed by atoms with Crippen LogP contribution in [0.5, 0.6) is 0 Å². The maximum Gasteiger partial charge on any atom is -0.0282 e. The molecule has 0 aromatic heterocycles. The Morgan fingerprint density at radius 3 is 2.23 bits per heavy atom. The molecule has 0 bridgehead atoms. The van der Waals surface area contributed by atoms with E-state index >= 15 is 0 Å². The van der Waals surface area contributed by atoms with Crippen LogP contribution < -0.4 is 0 Å². The Labute approximate surface area is 83.0 Å². The Balaban J connectivity index is 3.90. The molecule has 0 radical (unpaired) electrons. The number of unbranched alkanes of at least 4 members (excludes halogenated alkanes) is 2. The average molecular weight is 178 g/mol. The van der Waals surface area contributed by atoms with E-state index in [-0.39, 0.29) is 0 Å².